The van der Waals surface area contributed by atoms with Gasteiger partial charge in [-0.05, 0) is 29.2 Å². The fourth-order valence-corrected chi connectivity index (χ4v) is 1.34. The van der Waals surface area contributed by atoms with E-state index in [4.69, 9.17) is 0 Å². The molecule has 0 spiro atoms. The number of hydrogen-bond donors (Lipinski definition) is 0. The zero-order valence-corrected chi connectivity index (χ0v) is 9.43. The van der Waals surface area contributed by atoms with Crippen LogP contribution < -0.4 is 0 Å². The molecule has 0 N–H and O–H groups in total. The molecule has 0 aliphatic rings. The largest absolute Gasteiger partial charge is 0.465 e. The van der Waals surface area contributed by atoms with Crippen LogP contribution in [0.15, 0.2) is 18.2 Å². The standard InChI is InChI=1S/C12H15FO2/c1-12(2,3)9-7-8(11(14)15-4)5-6-10(9)13/h5-7H,1-4H3. The van der Waals surface area contributed by atoms with Crippen molar-refractivity contribution in [2.45, 2.75) is 26.2 Å². The fourth-order valence-electron chi connectivity index (χ4n) is 1.34. The summed E-state index contributed by atoms with van der Waals surface area (Å²) in [6, 6.07) is 4.27. The first-order valence-electron chi connectivity index (χ1n) is 4.74. The Hall–Kier alpha value is -1.38. The summed E-state index contributed by atoms with van der Waals surface area (Å²) in [5.41, 5.74) is 0.572. The van der Waals surface area contributed by atoms with E-state index >= 15 is 0 Å². The monoisotopic (exact) mass is 210 g/mol. The van der Waals surface area contributed by atoms with Gasteiger partial charge in [0.15, 0.2) is 0 Å². The van der Waals surface area contributed by atoms with E-state index in [-0.39, 0.29) is 11.2 Å². The van der Waals surface area contributed by atoms with Gasteiger partial charge in [0.25, 0.3) is 0 Å². The van der Waals surface area contributed by atoms with E-state index < -0.39 is 5.97 Å². The van der Waals surface area contributed by atoms with Crippen LogP contribution in [0.5, 0.6) is 0 Å². The van der Waals surface area contributed by atoms with Crippen molar-refractivity contribution in [1.82, 2.24) is 0 Å². The van der Waals surface area contributed by atoms with E-state index in [1.54, 1.807) is 6.07 Å². The summed E-state index contributed by atoms with van der Waals surface area (Å²) in [7, 11) is 1.31. The van der Waals surface area contributed by atoms with Gasteiger partial charge < -0.3 is 4.74 Å². The average Bonchev–Trinajstić information content (AvgIpc) is 2.15. The lowest BCUT2D eigenvalue weighted by molar-refractivity contribution is 0.0600. The molecule has 3 heteroatoms. The van der Waals surface area contributed by atoms with Crippen LogP contribution in [0.2, 0.25) is 0 Å². The van der Waals surface area contributed by atoms with E-state index in [0.29, 0.717) is 11.1 Å². The van der Waals surface area contributed by atoms with Gasteiger partial charge in [-0.2, -0.15) is 0 Å². The van der Waals surface area contributed by atoms with Gasteiger partial charge in [-0.1, -0.05) is 20.8 Å². The molecule has 0 fully saturated rings. The van der Waals surface area contributed by atoms with Crippen LogP contribution in [0.1, 0.15) is 36.7 Å². The lowest BCUT2D eigenvalue weighted by Crippen LogP contribution is -2.15. The van der Waals surface area contributed by atoms with Crippen LogP contribution in [0.4, 0.5) is 4.39 Å². The Morgan fingerprint density at radius 2 is 1.93 bits per heavy atom. The first kappa shape index (κ1) is 11.7. The number of methoxy groups -OCH3 is 1. The van der Waals surface area contributed by atoms with Gasteiger partial charge in [-0.25, -0.2) is 9.18 Å². The number of carbonyl (C=O) groups excluding carboxylic acids is 1. The van der Waals surface area contributed by atoms with Crippen LogP contribution in [0.25, 0.3) is 0 Å². The second-order valence-electron chi connectivity index (χ2n) is 4.44. The van der Waals surface area contributed by atoms with E-state index in [2.05, 4.69) is 4.74 Å². The zero-order chi connectivity index (χ0) is 11.6. The first-order valence-corrected chi connectivity index (χ1v) is 4.74. The van der Waals surface area contributed by atoms with Crippen molar-refractivity contribution in [3.63, 3.8) is 0 Å². The molecule has 0 aromatic heterocycles. The van der Waals surface area contributed by atoms with Gasteiger partial charge in [0.2, 0.25) is 0 Å². The topological polar surface area (TPSA) is 26.3 Å². The summed E-state index contributed by atoms with van der Waals surface area (Å²) < 4.78 is 18.1. The number of halogens is 1. The molecular weight excluding hydrogens is 195 g/mol. The van der Waals surface area contributed by atoms with Crippen LogP contribution in [-0.2, 0) is 10.2 Å². The number of esters is 1. The number of benzene rings is 1. The highest BCUT2D eigenvalue weighted by Crippen LogP contribution is 2.26. The van der Waals surface area contributed by atoms with Gasteiger partial charge in [-0.3, -0.25) is 0 Å². The van der Waals surface area contributed by atoms with E-state index in [0.717, 1.165) is 0 Å². The van der Waals surface area contributed by atoms with Gasteiger partial charge in [0.1, 0.15) is 5.82 Å². The van der Waals surface area contributed by atoms with Crippen LogP contribution in [-0.4, -0.2) is 13.1 Å². The number of ether oxygens (including phenoxy) is 1. The SMILES string of the molecule is COC(=O)c1ccc(F)c(C(C)(C)C)c1. The molecule has 0 aliphatic carbocycles. The van der Waals surface area contributed by atoms with Crippen molar-refractivity contribution >= 4 is 5.97 Å². The molecule has 0 heterocycles. The predicted octanol–water partition coefficient (Wildman–Crippen LogP) is 2.91. The Bertz CT molecular complexity index is 378. The third-order valence-electron chi connectivity index (χ3n) is 2.20. The summed E-state index contributed by atoms with van der Waals surface area (Å²) in [6.45, 7) is 5.69. The number of rotatable bonds is 1. The molecule has 2 nitrogen and oxygen atoms in total. The van der Waals surface area contributed by atoms with E-state index in [1.807, 2.05) is 20.8 Å². The van der Waals surface area contributed by atoms with Crippen molar-refractivity contribution in [2.24, 2.45) is 0 Å². The summed E-state index contributed by atoms with van der Waals surface area (Å²) >= 11 is 0. The minimum atomic E-state index is -0.444. The van der Waals surface area contributed by atoms with Gasteiger partial charge in [0, 0.05) is 0 Å². The molecule has 0 saturated carbocycles. The molecule has 82 valence electrons. The molecular formula is C12H15FO2. The maximum atomic E-state index is 13.5. The van der Waals surface area contributed by atoms with Gasteiger partial charge in [0.05, 0.1) is 12.7 Å². The molecule has 0 saturated heterocycles. The normalized spacial score (nSPS) is 11.3. The maximum absolute atomic E-state index is 13.5. The highest BCUT2D eigenvalue weighted by Gasteiger charge is 2.20. The van der Waals surface area contributed by atoms with E-state index in [9.17, 15) is 9.18 Å². The third kappa shape index (κ3) is 2.55. The van der Waals surface area contributed by atoms with Gasteiger partial charge in [-0.15, -0.1) is 0 Å². The molecule has 0 amide bonds. The molecule has 1 rings (SSSR count). The second kappa shape index (κ2) is 4.01. The molecule has 1 aromatic carbocycles. The zero-order valence-electron chi connectivity index (χ0n) is 9.43. The van der Waals surface area contributed by atoms with Crippen LogP contribution in [0, 0.1) is 5.82 Å². The van der Waals surface area contributed by atoms with Crippen LogP contribution >= 0.6 is 0 Å². The molecule has 0 bridgehead atoms. The molecule has 0 aliphatic heterocycles. The third-order valence-corrected chi connectivity index (χ3v) is 2.20. The average molecular weight is 210 g/mol. The summed E-state index contributed by atoms with van der Waals surface area (Å²) in [4.78, 5) is 11.3. The molecule has 1 aromatic rings. The summed E-state index contributed by atoms with van der Waals surface area (Å²) in [5.74, 6) is -0.740. The maximum Gasteiger partial charge on any atom is 0.337 e. The summed E-state index contributed by atoms with van der Waals surface area (Å²) in [6.07, 6.45) is 0. The Morgan fingerprint density at radius 3 is 2.40 bits per heavy atom. The Morgan fingerprint density at radius 1 is 1.33 bits per heavy atom. The number of carbonyl (C=O) groups is 1. The minimum absolute atomic E-state index is 0.296. The van der Waals surface area contributed by atoms with E-state index in [1.165, 1.54) is 19.2 Å². The second-order valence-corrected chi connectivity index (χ2v) is 4.44. The predicted molar refractivity (Wildman–Crippen MR) is 56.4 cm³/mol. The fraction of sp³-hybridized carbons (Fsp3) is 0.417. The van der Waals surface area contributed by atoms with Crippen molar-refractivity contribution < 1.29 is 13.9 Å². The van der Waals surface area contributed by atoms with Crippen molar-refractivity contribution in [3.8, 4) is 0 Å². The molecule has 0 unspecified atom stereocenters. The summed E-state index contributed by atoms with van der Waals surface area (Å²) in [5, 5.41) is 0. The minimum Gasteiger partial charge on any atom is -0.465 e. The van der Waals surface area contributed by atoms with Crippen molar-refractivity contribution in [2.75, 3.05) is 7.11 Å². The Labute approximate surface area is 89.1 Å². The van der Waals surface area contributed by atoms with Crippen molar-refractivity contribution in [3.05, 3.63) is 35.1 Å². The lowest BCUT2D eigenvalue weighted by Gasteiger charge is -2.20. The van der Waals surface area contributed by atoms with Crippen molar-refractivity contribution in [1.29, 1.82) is 0 Å². The molecule has 0 atom stereocenters. The smallest absolute Gasteiger partial charge is 0.337 e. The highest BCUT2D eigenvalue weighted by molar-refractivity contribution is 5.89. The number of hydrogen-bond acceptors (Lipinski definition) is 2. The quantitative estimate of drug-likeness (QED) is 0.666. The van der Waals surface area contributed by atoms with Gasteiger partial charge >= 0.3 is 5.97 Å². The highest BCUT2D eigenvalue weighted by atomic mass is 19.1. The van der Waals surface area contributed by atoms with Crippen LogP contribution in [0.3, 0.4) is 0 Å². The first-order chi connectivity index (χ1) is 6.86. The molecule has 15 heavy (non-hydrogen) atoms. The molecule has 0 radical (unpaired) electrons. The Kier molecular flexibility index (Phi) is 3.12. The Balaban J connectivity index is 3.23. The lowest BCUT2D eigenvalue weighted by atomic mass is 9.86.